The van der Waals surface area contributed by atoms with Gasteiger partial charge in [-0.25, -0.2) is 9.97 Å². The molecule has 1 N–H and O–H groups in total. The fourth-order valence-corrected chi connectivity index (χ4v) is 3.12. The maximum absolute atomic E-state index is 12.0. The van der Waals surface area contributed by atoms with E-state index >= 15 is 0 Å². The van der Waals surface area contributed by atoms with Crippen LogP contribution in [0.25, 0.3) is 17.0 Å². The Kier molecular flexibility index (Phi) is 3.20. The van der Waals surface area contributed by atoms with E-state index in [9.17, 15) is 4.79 Å². The van der Waals surface area contributed by atoms with Gasteiger partial charge in [-0.15, -0.1) is 11.3 Å². The number of nitrogens with one attached hydrogen (secondary N) is 1. The summed E-state index contributed by atoms with van der Waals surface area (Å²) in [5.41, 5.74) is 3.47. The number of aromatic nitrogens is 3. The molecule has 114 valence electrons. The molecule has 0 aliphatic rings. The minimum atomic E-state index is -0.314. The summed E-state index contributed by atoms with van der Waals surface area (Å²) < 4.78 is 7.06. The highest BCUT2D eigenvalue weighted by Crippen LogP contribution is 2.28. The second-order valence-electron chi connectivity index (χ2n) is 4.94. The van der Waals surface area contributed by atoms with Gasteiger partial charge in [-0.3, -0.25) is 14.5 Å². The van der Waals surface area contributed by atoms with E-state index in [0.717, 1.165) is 22.7 Å². The second kappa shape index (κ2) is 5.36. The molecule has 0 spiro atoms. The van der Waals surface area contributed by atoms with E-state index in [0.29, 0.717) is 5.13 Å². The lowest BCUT2D eigenvalue weighted by Crippen LogP contribution is -2.10. The van der Waals surface area contributed by atoms with Gasteiger partial charge in [0.05, 0.1) is 17.7 Å². The Hall–Kier alpha value is -2.93. The number of rotatable bonds is 3. The third kappa shape index (κ3) is 2.40. The number of carbonyl (C=O) groups is 1. The number of furan rings is 1. The quantitative estimate of drug-likeness (QED) is 0.625. The third-order valence-electron chi connectivity index (χ3n) is 3.42. The Balaban J connectivity index is 1.67. The van der Waals surface area contributed by atoms with Crippen LogP contribution in [-0.4, -0.2) is 20.3 Å². The summed E-state index contributed by atoms with van der Waals surface area (Å²) in [7, 11) is 0. The number of amides is 1. The lowest BCUT2D eigenvalue weighted by atomic mass is 10.3. The number of hydrogen-bond donors (Lipinski definition) is 1. The Morgan fingerprint density at radius 3 is 3.00 bits per heavy atom. The van der Waals surface area contributed by atoms with Crippen LogP contribution in [0, 0.1) is 6.92 Å². The van der Waals surface area contributed by atoms with Gasteiger partial charge >= 0.3 is 0 Å². The fourth-order valence-electron chi connectivity index (χ4n) is 2.43. The summed E-state index contributed by atoms with van der Waals surface area (Å²) in [6.07, 6.45) is 3.41. The predicted octanol–water partition coefficient (Wildman–Crippen LogP) is 3.61. The molecule has 0 bridgehead atoms. The molecule has 0 aliphatic carbocycles. The van der Waals surface area contributed by atoms with Crippen molar-refractivity contribution in [2.24, 2.45) is 0 Å². The van der Waals surface area contributed by atoms with Gasteiger partial charge in [0.15, 0.2) is 10.9 Å². The molecule has 0 aliphatic heterocycles. The number of pyridine rings is 1. The highest BCUT2D eigenvalue weighted by atomic mass is 32.1. The lowest BCUT2D eigenvalue weighted by molar-refractivity contribution is 0.0996. The number of thiazole rings is 1. The summed E-state index contributed by atoms with van der Waals surface area (Å²) in [6.45, 7) is 1.95. The second-order valence-corrected chi connectivity index (χ2v) is 5.80. The zero-order valence-corrected chi connectivity index (χ0v) is 13.0. The summed E-state index contributed by atoms with van der Waals surface area (Å²) >= 11 is 1.36. The average Bonchev–Trinajstić information content (AvgIpc) is 3.25. The van der Waals surface area contributed by atoms with Crippen LogP contribution in [0.1, 0.15) is 16.2 Å². The summed E-state index contributed by atoms with van der Waals surface area (Å²) in [5, 5.41) is 5.16. The molecule has 0 unspecified atom stereocenters. The molecule has 7 heteroatoms. The van der Waals surface area contributed by atoms with E-state index in [2.05, 4.69) is 15.3 Å². The minimum absolute atomic E-state index is 0.257. The Morgan fingerprint density at radius 2 is 2.17 bits per heavy atom. The van der Waals surface area contributed by atoms with Crippen molar-refractivity contribution in [3.05, 3.63) is 59.6 Å². The predicted molar refractivity (Wildman–Crippen MR) is 87.7 cm³/mol. The van der Waals surface area contributed by atoms with E-state index < -0.39 is 0 Å². The number of fused-ring (bicyclic) bond motifs is 1. The van der Waals surface area contributed by atoms with Crippen molar-refractivity contribution < 1.29 is 9.21 Å². The zero-order chi connectivity index (χ0) is 15.8. The molecule has 0 aromatic carbocycles. The number of anilines is 1. The average molecular weight is 324 g/mol. The van der Waals surface area contributed by atoms with Crippen molar-refractivity contribution in [3.63, 3.8) is 0 Å². The van der Waals surface area contributed by atoms with Gasteiger partial charge in [0, 0.05) is 11.6 Å². The van der Waals surface area contributed by atoms with Crippen molar-refractivity contribution in [2.75, 3.05) is 5.32 Å². The highest BCUT2D eigenvalue weighted by molar-refractivity contribution is 7.14. The first-order chi connectivity index (χ1) is 11.2. The largest absolute Gasteiger partial charge is 0.459 e. The maximum atomic E-state index is 12.0. The van der Waals surface area contributed by atoms with Crippen molar-refractivity contribution >= 4 is 28.0 Å². The topological polar surface area (TPSA) is 72.4 Å². The van der Waals surface area contributed by atoms with Crippen molar-refractivity contribution in [1.82, 2.24) is 14.4 Å². The Morgan fingerprint density at radius 1 is 1.26 bits per heavy atom. The molecular weight excluding hydrogens is 312 g/mol. The normalized spacial score (nSPS) is 11.0. The first kappa shape index (κ1) is 13.7. The molecular formula is C16H12N4O2S. The van der Waals surface area contributed by atoms with Gasteiger partial charge in [0.1, 0.15) is 11.3 Å². The van der Waals surface area contributed by atoms with Crippen LogP contribution in [0.2, 0.25) is 0 Å². The van der Waals surface area contributed by atoms with Crippen LogP contribution in [-0.2, 0) is 0 Å². The third-order valence-corrected chi connectivity index (χ3v) is 4.17. The molecule has 4 heterocycles. The summed E-state index contributed by atoms with van der Waals surface area (Å²) in [5.74, 6) is -0.0569. The zero-order valence-electron chi connectivity index (χ0n) is 12.2. The van der Waals surface area contributed by atoms with Crippen LogP contribution in [0.15, 0.2) is 52.6 Å². The lowest BCUT2D eigenvalue weighted by Gasteiger charge is -1.99. The van der Waals surface area contributed by atoms with Crippen molar-refractivity contribution in [3.8, 4) is 11.4 Å². The smallest absolute Gasteiger partial charge is 0.293 e. The molecule has 0 atom stereocenters. The standard InChI is InChI=1S/C16H12N4O2S/c1-10-14(20-7-3-2-6-13(20)17-10)11-9-23-16(18-11)19-15(21)12-5-4-8-22-12/h2-9H,1H3,(H,18,19,21). The molecule has 0 saturated carbocycles. The van der Waals surface area contributed by atoms with Gasteiger partial charge < -0.3 is 4.42 Å². The number of imidazole rings is 1. The fraction of sp³-hybridized carbons (Fsp3) is 0.0625. The van der Waals surface area contributed by atoms with Crippen LogP contribution >= 0.6 is 11.3 Å². The number of nitrogens with zero attached hydrogens (tertiary/aromatic N) is 3. The van der Waals surface area contributed by atoms with E-state index in [1.807, 2.05) is 41.1 Å². The van der Waals surface area contributed by atoms with E-state index in [-0.39, 0.29) is 11.7 Å². The molecule has 4 rings (SSSR count). The van der Waals surface area contributed by atoms with Gasteiger partial charge in [-0.05, 0) is 31.2 Å². The van der Waals surface area contributed by atoms with E-state index in [1.54, 1.807) is 12.1 Å². The first-order valence-electron chi connectivity index (χ1n) is 6.97. The molecule has 6 nitrogen and oxygen atoms in total. The number of hydrogen-bond acceptors (Lipinski definition) is 5. The van der Waals surface area contributed by atoms with Gasteiger partial charge in [0.2, 0.25) is 0 Å². The van der Waals surface area contributed by atoms with Crippen LogP contribution in [0.4, 0.5) is 5.13 Å². The number of carbonyl (C=O) groups excluding carboxylic acids is 1. The molecule has 0 fully saturated rings. The molecule has 23 heavy (non-hydrogen) atoms. The SMILES string of the molecule is Cc1nc2ccccn2c1-c1csc(NC(=O)c2ccco2)n1. The molecule has 1 amide bonds. The summed E-state index contributed by atoms with van der Waals surface area (Å²) in [6, 6.07) is 9.12. The first-order valence-corrected chi connectivity index (χ1v) is 7.85. The monoisotopic (exact) mass is 324 g/mol. The number of aryl methyl sites for hydroxylation is 1. The van der Waals surface area contributed by atoms with E-state index in [1.165, 1.54) is 17.6 Å². The Labute approximate surface area is 135 Å². The molecule has 4 aromatic rings. The van der Waals surface area contributed by atoms with E-state index in [4.69, 9.17) is 4.42 Å². The summed E-state index contributed by atoms with van der Waals surface area (Å²) in [4.78, 5) is 21.0. The van der Waals surface area contributed by atoms with Crippen LogP contribution in [0.3, 0.4) is 0 Å². The van der Waals surface area contributed by atoms with Gasteiger partial charge in [-0.1, -0.05) is 6.07 Å². The Bertz CT molecular complexity index is 985. The van der Waals surface area contributed by atoms with Gasteiger partial charge in [-0.2, -0.15) is 0 Å². The van der Waals surface area contributed by atoms with Gasteiger partial charge in [0.25, 0.3) is 5.91 Å². The van der Waals surface area contributed by atoms with Crippen molar-refractivity contribution in [1.29, 1.82) is 0 Å². The molecule has 0 radical (unpaired) electrons. The van der Waals surface area contributed by atoms with Crippen LogP contribution in [0.5, 0.6) is 0 Å². The molecule has 4 aromatic heterocycles. The molecule has 0 saturated heterocycles. The maximum Gasteiger partial charge on any atom is 0.293 e. The highest BCUT2D eigenvalue weighted by Gasteiger charge is 2.16. The van der Waals surface area contributed by atoms with Crippen LogP contribution < -0.4 is 5.32 Å². The van der Waals surface area contributed by atoms with Crippen molar-refractivity contribution in [2.45, 2.75) is 6.92 Å². The minimum Gasteiger partial charge on any atom is -0.459 e.